The van der Waals surface area contributed by atoms with E-state index >= 15 is 0 Å². The van der Waals surface area contributed by atoms with Gasteiger partial charge < -0.3 is 19.3 Å². The molecule has 0 aliphatic rings. The molecule has 6 nitrogen and oxygen atoms in total. The largest absolute Gasteiger partial charge is 0.460 e. The molecule has 0 heterocycles. The molecule has 0 saturated heterocycles. The van der Waals surface area contributed by atoms with Crippen LogP contribution in [0.2, 0.25) is 0 Å². The number of hydrogen-bond donors (Lipinski definition) is 1. The van der Waals surface area contributed by atoms with Crippen molar-refractivity contribution in [2.24, 2.45) is 5.92 Å². The van der Waals surface area contributed by atoms with Gasteiger partial charge in [0.15, 0.2) is 6.29 Å². The molecule has 0 aliphatic carbocycles. The van der Waals surface area contributed by atoms with Gasteiger partial charge in [0.05, 0.1) is 12.5 Å². The van der Waals surface area contributed by atoms with Crippen LogP contribution in [0.15, 0.2) is 12.7 Å². The first-order chi connectivity index (χ1) is 8.51. The third kappa shape index (κ3) is 7.81. The quantitative estimate of drug-likeness (QED) is 0.283. The van der Waals surface area contributed by atoms with Crippen molar-refractivity contribution >= 4 is 11.9 Å². The summed E-state index contributed by atoms with van der Waals surface area (Å²) >= 11 is 0. The number of aliphatic hydroxyl groups excluding tert-OH is 1. The Morgan fingerprint density at radius 2 is 2.00 bits per heavy atom. The summed E-state index contributed by atoms with van der Waals surface area (Å²) in [6.45, 7) is 6.61. The van der Waals surface area contributed by atoms with E-state index in [0.29, 0.717) is 6.42 Å². The minimum Gasteiger partial charge on any atom is -0.460 e. The fourth-order valence-corrected chi connectivity index (χ4v) is 0.896. The normalized spacial score (nSPS) is 13.5. The van der Waals surface area contributed by atoms with Gasteiger partial charge in [0, 0.05) is 6.08 Å². The van der Waals surface area contributed by atoms with Crippen LogP contribution < -0.4 is 0 Å². The molecule has 104 valence electrons. The molecule has 0 spiro atoms. The second-order valence-electron chi connectivity index (χ2n) is 3.64. The minimum absolute atomic E-state index is 0.00121. The van der Waals surface area contributed by atoms with Gasteiger partial charge in [-0.1, -0.05) is 20.4 Å². The van der Waals surface area contributed by atoms with Gasteiger partial charge in [-0.2, -0.15) is 0 Å². The van der Waals surface area contributed by atoms with Crippen molar-refractivity contribution in [2.75, 3.05) is 19.8 Å². The van der Waals surface area contributed by atoms with E-state index in [1.54, 1.807) is 6.92 Å². The number of hydrogen-bond acceptors (Lipinski definition) is 6. The highest BCUT2D eigenvalue weighted by Gasteiger charge is 2.14. The lowest BCUT2D eigenvalue weighted by Gasteiger charge is -2.14. The zero-order valence-electron chi connectivity index (χ0n) is 10.8. The highest BCUT2D eigenvalue weighted by molar-refractivity contribution is 5.81. The van der Waals surface area contributed by atoms with Crippen molar-refractivity contribution < 1.29 is 28.9 Å². The van der Waals surface area contributed by atoms with Gasteiger partial charge in [-0.05, 0) is 6.42 Å². The predicted octanol–water partition coefficient (Wildman–Crippen LogP) is 0.640. The molecule has 0 aromatic carbocycles. The highest BCUT2D eigenvalue weighted by Crippen LogP contribution is 2.03. The SMILES string of the molecule is C=CC(=O)OCCOC(O)COC(=O)C(C)CC. The Bertz CT molecular complexity index is 276. The van der Waals surface area contributed by atoms with Crippen LogP contribution in [0.1, 0.15) is 20.3 Å². The number of esters is 2. The van der Waals surface area contributed by atoms with Gasteiger partial charge in [0.1, 0.15) is 13.2 Å². The molecule has 0 bridgehead atoms. The Balaban J connectivity index is 3.59. The summed E-state index contributed by atoms with van der Waals surface area (Å²) in [7, 11) is 0. The Labute approximate surface area is 107 Å². The van der Waals surface area contributed by atoms with Gasteiger partial charge in [-0.3, -0.25) is 4.79 Å². The Morgan fingerprint density at radius 1 is 1.33 bits per heavy atom. The maximum absolute atomic E-state index is 11.3. The molecule has 18 heavy (non-hydrogen) atoms. The maximum atomic E-state index is 11.3. The van der Waals surface area contributed by atoms with Crippen molar-refractivity contribution in [2.45, 2.75) is 26.6 Å². The highest BCUT2D eigenvalue weighted by atomic mass is 16.6. The standard InChI is InChI=1S/C12H20O6/c1-4-9(3)12(15)18-8-11(14)17-7-6-16-10(13)5-2/h5,9,11,14H,2,4,6-8H2,1,3H3. The lowest BCUT2D eigenvalue weighted by Crippen LogP contribution is -2.25. The summed E-state index contributed by atoms with van der Waals surface area (Å²) in [4.78, 5) is 21.9. The van der Waals surface area contributed by atoms with Crippen molar-refractivity contribution in [3.05, 3.63) is 12.7 Å². The molecular weight excluding hydrogens is 240 g/mol. The molecule has 0 saturated carbocycles. The lowest BCUT2D eigenvalue weighted by atomic mass is 10.1. The summed E-state index contributed by atoms with van der Waals surface area (Å²) in [5.74, 6) is -1.14. The molecule has 6 heteroatoms. The van der Waals surface area contributed by atoms with E-state index in [1.165, 1.54) is 0 Å². The molecule has 0 aromatic heterocycles. The van der Waals surface area contributed by atoms with Gasteiger partial charge in [0.25, 0.3) is 0 Å². The van der Waals surface area contributed by atoms with E-state index in [9.17, 15) is 14.7 Å². The molecule has 0 rings (SSSR count). The lowest BCUT2D eigenvalue weighted by molar-refractivity contribution is -0.172. The van der Waals surface area contributed by atoms with Crippen LogP contribution in [0.4, 0.5) is 0 Å². The van der Waals surface area contributed by atoms with E-state index in [0.717, 1.165) is 6.08 Å². The van der Waals surface area contributed by atoms with E-state index in [2.05, 4.69) is 11.3 Å². The van der Waals surface area contributed by atoms with E-state index in [-0.39, 0.29) is 31.7 Å². The predicted molar refractivity (Wildman–Crippen MR) is 63.5 cm³/mol. The first-order valence-corrected chi connectivity index (χ1v) is 5.76. The Hall–Kier alpha value is -1.40. The zero-order chi connectivity index (χ0) is 14.0. The molecular formula is C12H20O6. The molecule has 2 unspecified atom stereocenters. The van der Waals surface area contributed by atoms with Gasteiger partial charge in [-0.25, -0.2) is 4.79 Å². The molecule has 2 atom stereocenters. The maximum Gasteiger partial charge on any atom is 0.330 e. The molecule has 0 aliphatic heterocycles. The first-order valence-electron chi connectivity index (χ1n) is 5.76. The van der Waals surface area contributed by atoms with Crippen LogP contribution in [0.25, 0.3) is 0 Å². The number of ether oxygens (including phenoxy) is 3. The Kier molecular flexibility index (Phi) is 8.86. The molecule has 1 N–H and O–H groups in total. The van der Waals surface area contributed by atoms with Gasteiger partial charge in [-0.15, -0.1) is 0 Å². The first kappa shape index (κ1) is 16.6. The summed E-state index contributed by atoms with van der Waals surface area (Å²) in [6.07, 6.45) is 0.484. The number of carbonyl (C=O) groups excluding carboxylic acids is 2. The zero-order valence-corrected chi connectivity index (χ0v) is 10.8. The fourth-order valence-electron chi connectivity index (χ4n) is 0.896. The number of rotatable bonds is 9. The van der Waals surface area contributed by atoms with Crippen molar-refractivity contribution in [1.82, 2.24) is 0 Å². The van der Waals surface area contributed by atoms with Crippen LogP contribution in [0.5, 0.6) is 0 Å². The molecule has 0 amide bonds. The van der Waals surface area contributed by atoms with Crippen molar-refractivity contribution in [1.29, 1.82) is 0 Å². The fraction of sp³-hybridized carbons (Fsp3) is 0.667. The minimum atomic E-state index is -1.22. The third-order valence-electron chi connectivity index (χ3n) is 2.19. The van der Waals surface area contributed by atoms with Crippen LogP contribution in [-0.2, 0) is 23.8 Å². The summed E-state index contributed by atoms with van der Waals surface area (Å²) in [5.41, 5.74) is 0. The van der Waals surface area contributed by atoms with Crippen molar-refractivity contribution in [3.8, 4) is 0 Å². The molecule has 0 aromatic rings. The van der Waals surface area contributed by atoms with E-state index < -0.39 is 12.3 Å². The van der Waals surface area contributed by atoms with Gasteiger partial charge >= 0.3 is 11.9 Å². The van der Waals surface area contributed by atoms with Crippen LogP contribution in [0.3, 0.4) is 0 Å². The van der Waals surface area contributed by atoms with Crippen LogP contribution in [0, 0.1) is 5.92 Å². The summed E-state index contributed by atoms with van der Waals surface area (Å²) < 4.78 is 14.3. The van der Waals surface area contributed by atoms with Crippen LogP contribution >= 0.6 is 0 Å². The smallest absolute Gasteiger partial charge is 0.330 e. The Morgan fingerprint density at radius 3 is 2.56 bits per heavy atom. The van der Waals surface area contributed by atoms with Gasteiger partial charge in [0.2, 0.25) is 0 Å². The second-order valence-corrected chi connectivity index (χ2v) is 3.64. The number of aliphatic hydroxyl groups is 1. The second kappa shape index (κ2) is 9.61. The van der Waals surface area contributed by atoms with E-state index in [1.807, 2.05) is 6.92 Å². The van der Waals surface area contributed by atoms with Crippen LogP contribution in [-0.4, -0.2) is 43.2 Å². The third-order valence-corrected chi connectivity index (χ3v) is 2.19. The topological polar surface area (TPSA) is 82.1 Å². The summed E-state index contributed by atoms with van der Waals surface area (Å²) in [5, 5.41) is 9.31. The average Bonchev–Trinajstić information content (AvgIpc) is 2.39. The monoisotopic (exact) mass is 260 g/mol. The average molecular weight is 260 g/mol. The van der Waals surface area contributed by atoms with Crippen molar-refractivity contribution in [3.63, 3.8) is 0 Å². The summed E-state index contributed by atoms with van der Waals surface area (Å²) in [6, 6.07) is 0. The number of carbonyl (C=O) groups is 2. The molecule has 0 fully saturated rings. The molecule has 0 radical (unpaired) electrons. The van der Waals surface area contributed by atoms with E-state index in [4.69, 9.17) is 9.47 Å².